The molecule has 0 heterocycles. The summed E-state index contributed by atoms with van der Waals surface area (Å²) in [5.74, 6) is 0. The van der Waals surface area contributed by atoms with Crippen molar-refractivity contribution in [3.05, 3.63) is 30.3 Å². The maximum absolute atomic E-state index is 2.13. The number of rotatable bonds is 1. The molecule has 0 aromatic heterocycles. The Morgan fingerprint density at radius 1 is 1.12 bits per heavy atom. The SMILES string of the molecule is [Mo]=[P]c1ccccc1. The Labute approximate surface area is 60.9 Å². The van der Waals surface area contributed by atoms with Gasteiger partial charge in [-0.3, -0.25) is 0 Å². The molecule has 0 saturated carbocycles. The fraction of sp³-hybridized carbons (Fsp3) is 0. The molecule has 0 aliphatic rings. The minimum atomic E-state index is 1.36. The van der Waals surface area contributed by atoms with E-state index < -0.39 is 0 Å². The first-order valence-electron chi connectivity index (χ1n) is 2.32. The molecule has 0 radical (unpaired) electrons. The second-order valence-corrected chi connectivity index (χ2v) is 3.47. The van der Waals surface area contributed by atoms with Gasteiger partial charge in [0.25, 0.3) is 0 Å². The third kappa shape index (κ3) is 1.62. The summed E-state index contributed by atoms with van der Waals surface area (Å²) in [6, 6.07) is 10.4. The third-order valence-electron chi connectivity index (χ3n) is 0.862. The third-order valence-corrected chi connectivity index (χ3v) is 2.93. The molecule has 0 aliphatic carbocycles. The van der Waals surface area contributed by atoms with Crippen LogP contribution in [0.1, 0.15) is 0 Å². The van der Waals surface area contributed by atoms with E-state index in [4.69, 9.17) is 0 Å². The van der Waals surface area contributed by atoms with Crippen molar-refractivity contribution >= 4 is 11.5 Å². The molecule has 0 spiro atoms. The second kappa shape index (κ2) is 3.28. The fourth-order valence-corrected chi connectivity index (χ4v) is 1.68. The van der Waals surface area contributed by atoms with Gasteiger partial charge in [-0.25, -0.2) is 0 Å². The van der Waals surface area contributed by atoms with E-state index in [1.54, 1.807) is 0 Å². The van der Waals surface area contributed by atoms with Crippen LogP contribution in [-0.4, -0.2) is 0 Å². The van der Waals surface area contributed by atoms with Crippen LogP contribution in [0.15, 0.2) is 30.3 Å². The molecule has 0 unspecified atom stereocenters. The fourth-order valence-electron chi connectivity index (χ4n) is 0.489. The van der Waals surface area contributed by atoms with Crippen LogP contribution in [0.3, 0.4) is 0 Å². The molecular formula is C6H5MoP. The summed E-state index contributed by atoms with van der Waals surface area (Å²) >= 11 is 2.07. The van der Waals surface area contributed by atoms with E-state index in [1.165, 1.54) is 11.5 Å². The van der Waals surface area contributed by atoms with E-state index >= 15 is 0 Å². The molecule has 8 heavy (non-hydrogen) atoms. The molecule has 1 aromatic carbocycles. The standard InChI is InChI=1S/C6H5P.Mo/c7-6-4-2-1-3-5-6;/h1-5H;. The van der Waals surface area contributed by atoms with Crippen molar-refractivity contribution in [3.8, 4) is 0 Å². The van der Waals surface area contributed by atoms with Crippen molar-refractivity contribution in [2.24, 2.45) is 0 Å². The van der Waals surface area contributed by atoms with Gasteiger partial charge in [-0.15, -0.1) is 0 Å². The van der Waals surface area contributed by atoms with Crippen LogP contribution < -0.4 is 5.30 Å². The van der Waals surface area contributed by atoms with E-state index in [0.717, 1.165) is 0 Å². The zero-order valence-electron chi connectivity index (χ0n) is 4.24. The van der Waals surface area contributed by atoms with Crippen molar-refractivity contribution in [3.63, 3.8) is 0 Å². The zero-order valence-corrected chi connectivity index (χ0v) is 7.14. The van der Waals surface area contributed by atoms with Crippen LogP contribution in [0.5, 0.6) is 0 Å². The molecule has 0 atom stereocenters. The molecule has 0 saturated heterocycles. The van der Waals surface area contributed by atoms with Gasteiger partial charge >= 0.3 is 60.7 Å². The van der Waals surface area contributed by atoms with Gasteiger partial charge in [0.15, 0.2) is 0 Å². The van der Waals surface area contributed by atoms with Crippen LogP contribution in [0.25, 0.3) is 0 Å². The quantitative estimate of drug-likeness (QED) is 0.482. The Kier molecular flexibility index (Phi) is 2.59. The number of hydrogen-bond donors (Lipinski definition) is 0. The van der Waals surface area contributed by atoms with E-state index in [0.29, 0.717) is 0 Å². The van der Waals surface area contributed by atoms with Gasteiger partial charge in [0.05, 0.1) is 0 Å². The Morgan fingerprint density at radius 2 is 1.75 bits per heavy atom. The molecule has 0 nitrogen and oxygen atoms in total. The monoisotopic (exact) mass is 206 g/mol. The predicted octanol–water partition coefficient (Wildman–Crippen LogP) is 1.72. The van der Waals surface area contributed by atoms with Crippen LogP contribution in [0.2, 0.25) is 0 Å². The molecule has 0 bridgehead atoms. The molecule has 0 fully saturated rings. The van der Waals surface area contributed by atoms with E-state index in [2.05, 4.69) is 43.1 Å². The Balaban J connectivity index is 2.99. The van der Waals surface area contributed by atoms with Crippen molar-refractivity contribution in [1.29, 1.82) is 0 Å². The number of benzene rings is 1. The van der Waals surface area contributed by atoms with Crippen molar-refractivity contribution in [2.75, 3.05) is 0 Å². The zero-order chi connectivity index (χ0) is 5.82. The molecule has 2 heteroatoms. The summed E-state index contributed by atoms with van der Waals surface area (Å²) in [4.78, 5) is 0. The van der Waals surface area contributed by atoms with Gasteiger partial charge in [-0.1, -0.05) is 0 Å². The van der Waals surface area contributed by atoms with Gasteiger partial charge in [-0.05, 0) is 0 Å². The minimum absolute atomic E-state index is 1.36. The van der Waals surface area contributed by atoms with Gasteiger partial charge in [-0.2, -0.15) is 0 Å². The van der Waals surface area contributed by atoms with Gasteiger partial charge in [0.2, 0.25) is 0 Å². The Hall–Kier alpha value is 0.208. The Bertz CT molecular complexity index is 171. The van der Waals surface area contributed by atoms with Gasteiger partial charge in [0.1, 0.15) is 0 Å². The molecule has 1 aromatic rings. The molecule has 0 aliphatic heterocycles. The van der Waals surface area contributed by atoms with Crippen LogP contribution in [0.4, 0.5) is 0 Å². The second-order valence-electron chi connectivity index (χ2n) is 1.43. The van der Waals surface area contributed by atoms with Crippen LogP contribution in [0, 0.1) is 0 Å². The summed E-state index contributed by atoms with van der Waals surface area (Å²) in [6.45, 7) is 0. The summed E-state index contributed by atoms with van der Waals surface area (Å²) < 4.78 is 0. The summed E-state index contributed by atoms with van der Waals surface area (Å²) in [5.41, 5.74) is 0. The van der Waals surface area contributed by atoms with Gasteiger partial charge in [0, 0.05) is 0 Å². The molecule has 1 rings (SSSR count). The predicted molar refractivity (Wildman–Crippen MR) is 33.0 cm³/mol. The van der Waals surface area contributed by atoms with Crippen molar-refractivity contribution < 1.29 is 18.8 Å². The molecular weight excluding hydrogens is 199 g/mol. The maximum atomic E-state index is 2.13. The summed E-state index contributed by atoms with van der Waals surface area (Å²) in [6.07, 6.45) is 1.36. The number of hydrogen-bond acceptors (Lipinski definition) is 0. The van der Waals surface area contributed by atoms with E-state index in [9.17, 15) is 0 Å². The topological polar surface area (TPSA) is 0 Å². The first-order chi connectivity index (χ1) is 3.93. The normalized spacial score (nSPS) is 9.50. The van der Waals surface area contributed by atoms with E-state index in [1.807, 2.05) is 6.07 Å². The Morgan fingerprint density at radius 3 is 2.12 bits per heavy atom. The first-order valence-corrected chi connectivity index (χ1v) is 5.82. The van der Waals surface area contributed by atoms with Crippen molar-refractivity contribution in [1.82, 2.24) is 0 Å². The first kappa shape index (κ1) is 6.33. The molecule has 0 amide bonds. The van der Waals surface area contributed by atoms with Crippen molar-refractivity contribution in [2.45, 2.75) is 0 Å². The van der Waals surface area contributed by atoms with Crippen LogP contribution >= 0.6 is 6.21 Å². The molecule has 0 N–H and O–H groups in total. The summed E-state index contributed by atoms with van der Waals surface area (Å²) in [7, 11) is 0. The average molecular weight is 204 g/mol. The van der Waals surface area contributed by atoms with E-state index in [-0.39, 0.29) is 0 Å². The molecule has 40 valence electrons. The van der Waals surface area contributed by atoms with Gasteiger partial charge < -0.3 is 0 Å². The van der Waals surface area contributed by atoms with Crippen LogP contribution in [-0.2, 0) is 18.8 Å². The summed E-state index contributed by atoms with van der Waals surface area (Å²) in [5, 5.41) is 1.39. The average Bonchev–Trinajstić information content (AvgIpc) is 1.90.